The van der Waals surface area contributed by atoms with Gasteiger partial charge in [0.25, 0.3) is 5.56 Å². The third-order valence-corrected chi connectivity index (χ3v) is 6.46. The molecule has 5 heterocycles. The highest BCUT2D eigenvalue weighted by atomic mass is 35.5. The minimum absolute atomic E-state index is 0.0522. The fraction of sp³-hybridized carbons (Fsp3) is 0.421. The summed E-state index contributed by atoms with van der Waals surface area (Å²) < 4.78 is 3.51. The van der Waals surface area contributed by atoms with E-state index in [0.717, 1.165) is 55.8 Å². The number of imidazole rings is 1. The van der Waals surface area contributed by atoms with Gasteiger partial charge in [-0.25, -0.2) is 19.5 Å². The van der Waals surface area contributed by atoms with Crippen LogP contribution in [-0.2, 0) is 0 Å². The summed E-state index contributed by atoms with van der Waals surface area (Å²) in [4.78, 5) is 31.8. The van der Waals surface area contributed by atoms with Crippen molar-refractivity contribution < 1.29 is 0 Å². The molecule has 4 aromatic rings. The smallest absolute Gasteiger partial charge is 0.279 e. The topological polar surface area (TPSA) is 97.0 Å². The van der Waals surface area contributed by atoms with Gasteiger partial charge in [0.1, 0.15) is 17.4 Å². The fourth-order valence-electron chi connectivity index (χ4n) is 4.53. The van der Waals surface area contributed by atoms with E-state index in [9.17, 15) is 4.79 Å². The summed E-state index contributed by atoms with van der Waals surface area (Å²) in [7, 11) is 0. The highest BCUT2D eigenvalue weighted by molar-refractivity contribution is 6.33. The van der Waals surface area contributed by atoms with Gasteiger partial charge in [-0.05, 0) is 38.2 Å². The van der Waals surface area contributed by atoms with Crippen LogP contribution in [0.3, 0.4) is 0 Å². The van der Waals surface area contributed by atoms with Crippen LogP contribution in [0.1, 0.15) is 50.0 Å². The SMILES string of the molecule is O=c1c2c(Cl)ccn2nc([C@@H]2CCCN2c2ncnc3[nH]cnc23)n1C1CCC1. The first kappa shape index (κ1) is 17.0. The van der Waals surface area contributed by atoms with Gasteiger partial charge in [0.15, 0.2) is 17.3 Å². The molecule has 29 heavy (non-hydrogen) atoms. The molecule has 9 nitrogen and oxygen atoms in total. The monoisotopic (exact) mass is 410 g/mol. The maximum Gasteiger partial charge on any atom is 0.279 e. The number of fused-ring (bicyclic) bond motifs is 2. The molecule has 2 fully saturated rings. The highest BCUT2D eigenvalue weighted by Gasteiger charge is 2.36. The maximum atomic E-state index is 13.4. The zero-order chi connectivity index (χ0) is 19.5. The molecule has 0 bridgehead atoms. The van der Waals surface area contributed by atoms with Crippen LogP contribution in [0.4, 0.5) is 5.82 Å². The van der Waals surface area contributed by atoms with Crippen LogP contribution < -0.4 is 10.5 Å². The van der Waals surface area contributed by atoms with Crippen LogP contribution >= 0.6 is 11.6 Å². The summed E-state index contributed by atoms with van der Waals surface area (Å²) in [6.07, 6.45) is 9.94. The molecule has 0 spiro atoms. The standard InChI is InChI=1S/C19H19ClN8O/c20-12-6-8-27-15(12)19(29)28(11-3-1-4-11)17(25-27)13-5-2-7-26(13)18-14-16(22-9-21-14)23-10-24-18/h6,8-11,13H,1-5,7H2,(H,21,22,23,24)/t13-/m0/s1. The van der Waals surface area contributed by atoms with Crippen LogP contribution in [0.25, 0.3) is 16.7 Å². The van der Waals surface area contributed by atoms with Gasteiger partial charge >= 0.3 is 0 Å². The number of nitrogens with zero attached hydrogens (tertiary/aromatic N) is 7. The number of aromatic nitrogens is 7. The van der Waals surface area contributed by atoms with E-state index < -0.39 is 0 Å². The summed E-state index contributed by atoms with van der Waals surface area (Å²) in [5.41, 5.74) is 1.83. The Balaban J connectivity index is 1.55. The second-order valence-corrected chi connectivity index (χ2v) is 8.13. The molecule has 6 rings (SSSR count). The number of rotatable bonds is 3. The number of H-pyrrole nitrogens is 1. The zero-order valence-electron chi connectivity index (χ0n) is 15.6. The Kier molecular flexibility index (Phi) is 3.67. The first-order chi connectivity index (χ1) is 14.2. The second-order valence-electron chi connectivity index (χ2n) is 7.72. The molecule has 1 saturated carbocycles. The molecule has 0 aromatic carbocycles. The molecule has 0 radical (unpaired) electrons. The van der Waals surface area contributed by atoms with Crippen molar-refractivity contribution in [2.24, 2.45) is 0 Å². The summed E-state index contributed by atoms with van der Waals surface area (Å²) in [5.74, 6) is 1.55. The quantitative estimate of drug-likeness (QED) is 0.557. The summed E-state index contributed by atoms with van der Waals surface area (Å²) in [6.45, 7) is 0.828. The van der Waals surface area contributed by atoms with Crippen molar-refractivity contribution in [2.75, 3.05) is 11.4 Å². The lowest BCUT2D eigenvalue weighted by Gasteiger charge is -2.33. The van der Waals surface area contributed by atoms with Crippen molar-refractivity contribution in [3.8, 4) is 0 Å². The molecule has 1 aliphatic heterocycles. The average molecular weight is 411 g/mol. The minimum Gasteiger partial charge on any atom is -0.344 e. The molecule has 1 atom stereocenters. The number of anilines is 1. The van der Waals surface area contributed by atoms with Gasteiger partial charge < -0.3 is 9.88 Å². The Hall–Kier alpha value is -2.94. The number of hydrogen-bond acceptors (Lipinski definition) is 6. The molecule has 4 aromatic heterocycles. The third-order valence-electron chi connectivity index (χ3n) is 6.16. The molecule has 1 saturated heterocycles. The van der Waals surface area contributed by atoms with Crippen LogP contribution in [0, 0.1) is 0 Å². The Morgan fingerprint density at radius 1 is 1.14 bits per heavy atom. The molecule has 0 unspecified atom stereocenters. The highest BCUT2D eigenvalue weighted by Crippen LogP contribution is 2.39. The number of halogens is 1. The van der Waals surface area contributed by atoms with Gasteiger partial charge in [0.05, 0.1) is 17.4 Å². The lowest BCUT2D eigenvalue weighted by Crippen LogP contribution is -2.38. The van der Waals surface area contributed by atoms with Crippen molar-refractivity contribution in [1.29, 1.82) is 0 Å². The lowest BCUT2D eigenvalue weighted by atomic mass is 9.92. The predicted octanol–water partition coefficient (Wildman–Crippen LogP) is 2.88. The van der Waals surface area contributed by atoms with Gasteiger partial charge in [0, 0.05) is 18.8 Å². The predicted molar refractivity (Wildman–Crippen MR) is 108 cm³/mol. The van der Waals surface area contributed by atoms with Crippen molar-refractivity contribution in [2.45, 2.75) is 44.2 Å². The van der Waals surface area contributed by atoms with E-state index in [-0.39, 0.29) is 17.6 Å². The fourth-order valence-corrected chi connectivity index (χ4v) is 4.76. The third kappa shape index (κ3) is 2.43. The van der Waals surface area contributed by atoms with Gasteiger partial charge in [-0.15, -0.1) is 0 Å². The largest absolute Gasteiger partial charge is 0.344 e. The van der Waals surface area contributed by atoms with Crippen LogP contribution in [-0.4, -0.2) is 40.7 Å². The van der Waals surface area contributed by atoms with Gasteiger partial charge in [-0.1, -0.05) is 11.6 Å². The van der Waals surface area contributed by atoms with E-state index in [0.29, 0.717) is 16.2 Å². The van der Waals surface area contributed by atoms with Crippen molar-refractivity contribution >= 4 is 34.1 Å². The Morgan fingerprint density at radius 3 is 2.86 bits per heavy atom. The Morgan fingerprint density at radius 2 is 2.03 bits per heavy atom. The normalized spacial score (nSPS) is 20.0. The van der Waals surface area contributed by atoms with E-state index in [1.54, 1.807) is 29.4 Å². The number of aromatic amines is 1. The molecule has 148 valence electrons. The zero-order valence-corrected chi connectivity index (χ0v) is 16.4. The molecule has 10 heteroatoms. The first-order valence-electron chi connectivity index (χ1n) is 9.92. The van der Waals surface area contributed by atoms with Crippen molar-refractivity contribution in [3.05, 3.63) is 46.1 Å². The van der Waals surface area contributed by atoms with E-state index in [4.69, 9.17) is 16.7 Å². The van der Waals surface area contributed by atoms with Crippen LogP contribution in [0.15, 0.2) is 29.7 Å². The van der Waals surface area contributed by atoms with Crippen LogP contribution in [0.5, 0.6) is 0 Å². The maximum absolute atomic E-state index is 13.4. The summed E-state index contributed by atoms with van der Waals surface area (Å²) in [6, 6.07) is 1.85. The molecule has 0 amide bonds. The van der Waals surface area contributed by atoms with Gasteiger partial charge in [0.2, 0.25) is 0 Å². The average Bonchev–Trinajstić information content (AvgIpc) is 3.41. The second kappa shape index (κ2) is 6.28. The molecule has 1 aliphatic carbocycles. The van der Waals surface area contributed by atoms with E-state index in [2.05, 4.69) is 24.8 Å². The van der Waals surface area contributed by atoms with E-state index >= 15 is 0 Å². The molecular weight excluding hydrogens is 392 g/mol. The number of nitrogens with one attached hydrogen (secondary N) is 1. The number of hydrogen-bond donors (Lipinski definition) is 1. The van der Waals surface area contributed by atoms with Gasteiger partial charge in [-0.3, -0.25) is 9.36 Å². The van der Waals surface area contributed by atoms with E-state index in [1.165, 1.54) is 0 Å². The lowest BCUT2D eigenvalue weighted by molar-refractivity contribution is 0.288. The van der Waals surface area contributed by atoms with E-state index in [1.807, 2.05) is 4.57 Å². The molecule has 1 N–H and O–H groups in total. The van der Waals surface area contributed by atoms with Gasteiger partial charge in [-0.2, -0.15) is 5.10 Å². The van der Waals surface area contributed by atoms with Crippen molar-refractivity contribution in [1.82, 2.24) is 34.1 Å². The Bertz CT molecular complexity index is 1290. The van der Waals surface area contributed by atoms with Crippen molar-refractivity contribution in [3.63, 3.8) is 0 Å². The summed E-state index contributed by atoms with van der Waals surface area (Å²) in [5, 5.41) is 5.31. The molecular formula is C19H19ClN8O. The summed E-state index contributed by atoms with van der Waals surface area (Å²) >= 11 is 6.29. The molecule has 2 aliphatic rings. The van der Waals surface area contributed by atoms with Crippen LogP contribution in [0.2, 0.25) is 5.02 Å². The Labute approximate surface area is 170 Å². The first-order valence-corrected chi connectivity index (χ1v) is 10.3. The minimum atomic E-state index is -0.0610.